The Morgan fingerprint density at radius 1 is 1.53 bits per heavy atom. The number of carbonyl (C=O) groups is 1. The molecule has 1 amide bonds. The molecule has 0 radical (unpaired) electrons. The monoisotopic (exact) mass is 262 g/mol. The lowest BCUT2D eigenvalue weighted by Gasteiger charge is -2.36. The highest BCUT2D eigenvalue weighted by Crippen LogP contribution is 2.22. The number of hydrogen-bond donors (Lipinski definition) is 2. The minimum atomic E-state index is -0.429. The fraction of sp³-hybridized carbons (Fsp3) is 0.571. The summed E-state index contributed by atoms with van der Waals surface area (Å²) in [7, 11) is 0. The fourth-order valence-corrected chi connectivity index (χ4v) is 2.53. The van der Waals surface area contributed by atoms with Gasteiger partial charge in [0.1, 0.15) is 5.82 Å². The normalized spacial score (nSPS) is 19.4. The smallest absolute Gasteiger partial charge is 0.250 e. The Labute approximate surface area is 114 Å². The second-order valence-electron chi connectivity index (χ2n) is 4.92. The van der Waals surface area contributed by atoms with Crippen LogP contribution < -0.4 is 16.0 Å². The first-order valence-electron chi connectivity index (χ1n) is 6.95. The van der Waals surface area contributed by atoms with Crippen LogP contribution in [0.15, 0.2) is 18.3 Å². The minimum Gasteiger partial charge on any atom is -0.366 e. The standard InChI is InChI=1S/C14H22N4O/c1-2-16-10-12-5-3-4-8-18(12)13-7-6-11(9-17-13)14(15)19/h6-7,9,12,16H,2-5,8,10H2,1H3,(H2,15,19). The largest absolute Gasteiger partial charge is 0.366 e. The predicted octanol–water partition coefficient (Wildman–Crippen LogP) is 1.15. The van der Waals surface area contributed by atoms with E-state index in [0.29, 0.717) is 11.6 Å². The Balaban J connectivity index is 2.10. The van der Waals surface area contributed by atoms with Crippen molar-refractivity contribution >= 4 is 11.7 Å². The highest BCUT2D eigenvalue weighted by molar-refractivity contribution is 5.92. The molecule has 0 aromatic carbocycles. The molecular formula is C14H22N4O. The van der Waals surface area contributed by atoms with Crippen molar-refractivity contribution in [3.8, 4) is 0 Å². The summed E-state index contributed by atoms with van der Waals surface area (Å²) >= 11 is 0. The number of likely N-dealkylation sites (N-methyl/N-ethyl adjacent to an activating group) is 1. The molecule has 5 heteroatoms. The number of amides is 1. The molecule has 0 bridgehead atoms. The third-order valence-electron chi connectivity index (χ3n) is 3.58. The number of nitrogens with one attached hydrogen (secondary N) is 1. The van der Waals surface area contributed by atoms with E-state index in [4.69, 9.17) is 5.73 Å². The molecule has 5 nitrogen and oxygen atoms in total. The van der Waals surface area contributed by atoms with E-state index in [1.54, 1.807) is 12.3 Å². The molecule has 0 saturated carbocycles. The van der Waals surface area contributed by atoms with Crippen molar-refractivity contribution in [1.82, 2.24) is 10.3 Å². The van der Waals surface area contributed by atoms with Gasteiger partial charge < -0.3 is 16.0 Å². The lowest BCUT2D eigenvalue weighted by Crippen LogP contribution is -2.46. The maximum atomic E-state index is 11.1. The summed E-state index contributed by atoms with van der Waals surface area (Å²) in [6.45, 7) is 5.11. The van der Waals surface area contributed by atoms with Crippen LogP contribution >= 0.6 is 0 Å². The number of nitrogens with two attached hydrogens (primary N) is 1. The van der Waals surface area contributed by atoms with E-state index in [0.717, 1.165) is 25.5 Å². The van der Waals surface area contributed by atoms with Crippen molar-refractivity contribution < 1.29 is 4.79 Å². The van der Waals surface area contributed by atoms with Gasteiger partial charge >= 0.3 is 0 Å². The van der Waals surface area contributed by atoms with Crippen molar-refractivity contribution in [3.63, 3.8) is 0 Å². The molecule has 1 aromatic heterocycles. The van der Waals surface area contributed by atoms with Gasteiger partial charge in [0.25, 0.3) is 0 Å². The molecule has 1 aromatic rings. The van der Waals surface area contributed by atoms with Crippen molar-refractivity contribution in [1.29, 1.82) is 0 Å². The van der Waals surface area contributed by atoms with Crippen LogP contribution in [0.5, 0.6) is 0 Å². The van der Waals surface area contributed by atoms with Gasteiger partial charge in [0.15, 0.2) is 0 Å². The van der Waals surface area contributed by atoms with Gasteiger partial charge in [0.05, 0.1) is 5.56 Å². The quantitative estimate of drug-likeness (QED) is 0.835. The fourth-order valence-electron chi connectivity index (χ4n) is 2.53. The van der Waals surface area contributed by atoms with Crippen molar-refractivity contribution in [2.45, 2.75) is 32.2 Å². The van der Waals surface area contributed by atoms with E-state index in [1.165, 1.54) is 19.3 Å². The molecule has 104 valence electrons. The van der Waals surface area contributed by atoms with Crippen LogP contribution in [0.25, 0.3) is 0 Å². The number of rotatable bonds is 5. The molecule has 0 aliphatic carbocycles. The van der Waals surface area contributed by atoms with Crippen LogP contribution in [0.3, 0.4) is 0 Å². The highest BCUT2D eigenvalue weighted by atomic mass is 16.1. The zero-order chi connectivity index (χ0) is 13.7. The summed E-state index contributed by atoms with van der Waals surface area (Å²) in [4.78, 5) is 17.8. The van der Waals surface area contributed by atoms with Crippen molar-refractivity contribution in [2.75, 3.05) is 24.5 Å². The van der Waals surface area contributed by atoms with Gasteiger partial charge in [-0.3, -0.25) is 4.79 Å². The Morgan fingerprint density at radius 2 is 2.37 bits per heavy atom. The molecule has 2 heterocycles. The SMILES string of the molecule is CCNCC1CCCCN1c1ccc(C(N)=O)cn1. The minimum absolute atomic E-state index is 0.429. The van der Waals surface area contributed by atoms with Gasteiger partial charge in [-0.25, -0.2) is 4.98 Å². The molecular weight excluding hydrogens is 240 g/mol. The second kappa shape index (κ2) is 6.52. The maximum Gasteiger partial charge on any atom is 0.250 e. The van der Waals surface area contributed by atoms with Crippen LogP contribution in [0.1, 0.15) is 36.5 Å². The van der Waals surface area contributed by atoms with Crippen molar-refractivity contribution in [3.05, 3.63) is 23.9 Å². The number of nitrogens with zero attached hydrogens (tertiary/aromatic N) is 2. The van der Waals surface area contributed by atoms with Crippen LogP contribution in [0.2, 0.25) is 0 Å². The third-order valence-corrected chi connectivity index (χ3v) is 3.58. The topological polar surface area (TPSA) is 71.2 Å². The van der Waals surface area contributed by atoms with Gasteiger partial charge in [-0.2, -0.15) is 0 Å². The molecule has 2 rings (SSSR count). The zero-order valence-corrected chi connectivity index (χ0v) is 11.4. The molecule has 1 unspecified atom stereocenters. The highest BCUT2D eigenvalue weighted by Gasteiger charge is 2.23. The number of pyridine rings is 1. The lowest BCUT2D eigenvalue weighted by molar-refractivity contribution is 0.1000. The number of hydrogen-bond acceptors (Lipinski definition) is 4. The summed E-state index contributed by atoms with van der Waals surface area (Å²) in [5.41, 5.74) is 5.69. The maximum absolute atomic E-state index is 11.1. The van der Waals surface area contributed by atoms with Gasteiger partial charge in [0.2, 0.25) is 5.91 Å². The van der Waals surface area contributed by atoms with Gasteiger partial charge in [-0.1, -0.05) is 6.92 Å². The Morgan fingerprint density at radius 3 is 3.00 bits per heavy atom. The first-order chi connectivity index (χ1) is 9.22. The van der Waals surface area contributed by atoms with E-state index in [1.807, 2.05) is 6.07 Å². The van der Waals surface area contributed by atoms with E-state index in [2.05, 4.69) is 22.1 Å². The second-order valence-corrected chi connectivity index (χ2v) is 4.92. The molecule has 3 N–H and O–H groups in total. The first kappa shape index (κ1) is 13.8. The molecule has 1 fully saturated rings. The van der Waals surface area contributed by atoms with Gasteiger partial charge in [-0.15, -0.1) is 0 Å². The average molecular weight is 262 g/mol. The average Bonchev–Trinajstić information content (AvgIpc) is 2.45. The molecule has 1 atom stereocenters. The molecule has 19 heavy (non-hydrogen) atoms. The third kappa shape index (κ3) is 3.44. The molecule has 1 aliphatic rings. The number of carbonyl (C=O) groups excluding carboxylic acids is 1. The predicted molar refractivity (Wildman–Crippen MR) is 76.3 cm³/mol. The number of primary amides is 1. The van der Waals surface area contributed by atoms with Crippen molar-refractivity contribution in [2.24, 2.45) is 5.73 Å². The summed E-state index contributed by atoms with van der Waals surface area (Å²) in [6, 6.07) is 4.13. The molecule has 0 spiro atoms. The van der Waals surface area contributed by atoms with E-state index >= 15 is 0 Å². The Kier molecular flexibility index (Phi) is 4.74. The van der Waals surface area contributed by atoms with Crippen LogP contribution in [-0.4, -0.2) is 36.6 Å². The molecule has 1 aliphatic heterocycles. The summed E-state index contributed by atoms with van der Waals surface area (Å²) in [6.07, 6.45) is 5.22. The number of aromatic nitrogens is 1. The number of piperidine rings is 1. The Hall–Kier alpha value is -1.62. The summed E-state index contributed by atoms with van der Waals surface area (Å²) in [5, 5.41) is 3.40. The van der Waals surface area contributed by atoms with E-state index in [-0.39, 0.29) is 0 Å². The Bertz CT molecular complexity index is 418. The van der Waals surface area contributed by atoms with Gasteiger partial charge in [-0.05, 0) is 37.9 Å². The van der Waals surface area contributed by atoms with Crippen LogP contribution in [0.4, 0.5) is 5.82 Å². The lowest BCUT2D eigenvalue weighted by atomic mass is 10.0. The molecule has 1 saturated heterocycles. The van der Waals surface area contributed by atoms with E-state index < -0.39 is 5.91 Å². The van der Waals surface area contributed by atoms with Gasteiger partial charge in [0, 0.05) is 25.3 Å². The van der Waals surface area contributed by atoms with E-state index in [9.17, 15) is 4.79 Å². The zero-order valence-electron chi connectivity index (χ0n) is 11.4. The number of anilines is 1. The summed E-state index contributed by atoms with van der Waals surface area (Å²) < 4.78 is 0. The summed E-state index contributed by atoms with van der Waals surface area (Å²) in [5.74, 6) is 0.509. The van der Waals surface area contributed by atoms with Crippen LogP contribution in [0, 0.1) is 0 Å². The first-order valence-corrected chi connectivity index (χ1v) is 6.95. The van der Waals surface area contributed by atoms with Crippen LogP contribution in [-0.2, 0) is 0 Å².